The highest BCUT2D eigenvalue weighted by molar-refractivity contribution is 6.18. The molecule has 0 saturated carbocycles. The lowest BCUT2D eigenvalue weighted by Gasteiger charge is -1.96. The molecule has 0 saturated heterocycles. The quantitative estimate of drug-likeness (QED) is 0.418. The number of hydrogen-bond donors (Lipinski definition) is 2. The first kappa shape index (κ1) is 9.98. The SMILES string of the molecule is NC(=O)C(=Cc1ccccc1)C(=O)O. The fraction of sp³-hybridized carbons (Fsp3) is 0. The van der Waals surface area contributed by atoms with E-state index < -0.39 is 17.4 Å². The molecule has 0 fully saturated rings. The standard InChI is InChI=1S/C10H9NO3/c11-9(12)8(10(13)14)6-7-4-2-1-3-5-7/h1-6H,(H2,11,12)(H,13,14). The molecule has 0 bridgehead atoms. The minimum absolute atomic E-state index is 0.420. The Balaban J connectivity index is 3.06. The van der Waals surface area contributed by atoms with Gasteiger partial charge in [-0.25, -0.2) is 4.79 Å². The summed E-state index contributed by atoms with van der Waals surface area (Å²) >= 11 is 0. The lowest BCUT2D eigenvalue weighted by atomic mass is 10.1. The fourth-order valence-corrected chi connectivity index (χ4v) is 0.954. The average molecular weight is 191 g/mol. The Bertz CT molecular complexity index is 366. The number of nitrogens with two attached hydrogens (primary N) is 1. The number of rotatable bonds is 3. The van der Waals surface area contributed by atoms with Crippen LogP contribution < -0.4 is 5.73 Å². The van der Waals surface area contributed by atoms with E-state index in [9.17, 15) is 9.59 Å². The molecule has 1 aromatic carbocycles. The fourth-order valence-electron chi connectivity index (χ4n) is 0.954. The minimum atomic E-state index is -1.32. The van der Waals surface area contributed by atoms with Crippen molar-refractivity contribution in [2.75, 3.05) is 0 Å². The molecule has 4 nitrogen and oxygen atoms in total. The first-order valence-corrected chi connectivity index (χ1v) is 3.91. The predicted octanol–water partition coefficient (Wildman–Crippen LogP) is 0.640. The van der Waals surface area contributed by atoms with Crippen LogP contribution in [0, 0.1) is 0 Å². The van der Waals surface area contributed by atoms with Gasteiger partial charge in [-0.2, -0.15) is 0 Å². The first-order valence-electron chi connectivity index (χ1n) is 3.91. The molecule has 3 N–H and O–H groups in total. The highest BCUT2D eigenvalue weighted by atomic mass is 16.4. The Hall–Kier alpha value is -2.10. The van der Waals surface area contributed by atoms with E-state index in [1.54, 1.807) is 30.3 Å². The third-order valence-corrected chi connectivity index (χ3v) is 1.61. The topological polar surface area (TPSA) is 80.4 Å². The van der Waals surface area contributed by atoms with Crippen molar-refractivity contribution in [3.8, 4) is 0 Å². The third kappa shape index (κ3) is 2.45. The van der Waals surface area contributed by atoms with Crippen molar-refractivity contribution in [2.45, 2.75) is 0 Å². The Morgan fingerprint density at radius 1 is 1.21 bits per heavy atom. The highest BCUT2D eigenvalue weighted by Gasteiger charge is 2.12. The van der Waals surface area contributed by atoms with Gasteiger partial charge in [-0.1, -0.05) is 30.3 Å². The van der Waals surface area contributed by atoms with Crippen molar-refractivity contribution in [2.24, 2.45) is 5.73 Å². The zero-order valence-corrected chi connectivity index (χ0v) is 7.31. The summed E-state index contributed by atoms with van der Waals surface area (Å²) in [5, 5.41) is 8.64. The van der Waals surface area contributed by atoms with E-state index in [1.165, 1.54) is 6.08 Å². The molecule has 72 valence electrons. The Morgan fingerprint density at radius 2 is 1.79 bits per heavy atom. The first-order chi connectivity index (χ1) is 6.61. The number of carboxylic acid groups (broad SMARTS) is 1. The summed E-state index contributed by atoms with van der Waals surface area (Å²) in [6, 6.07) is 8.65. The van der Waals surface area contributed by atoms with Crippen LogP contribution in [-0.4, -0.2) is 17.0 Å². The van der Waals surface area contributed by atoms with Crippen LogP contribution in [0.5, 0.6) is 0 Å². The van der Waals surface area contributed by atoms with Gasteiger partial charge in [0.15, 0.2) is 0 Å². The molecule has 0 atom stereocenters. The number of carboxylic acids is 1. The lowest BCUT2D eigenvalue weighted by molar-refractivity contribution is -0.134. The van der Waals surface area contributed by atoms with Crippen molar-refractivity contribution in [3.63, 3.8) is 0 Å². The molecule has 0 heterocycles. The number of carbonyl (C=O) groups excluding carboxylic acids is 1. The normalized spacial score (nSPS) is 11.0. The summed E-state index contributed by atoms with van der Waals surface area (Å²) in [5.41, 5.74) is 5.11. The Morgan fingerprint density at radius 3 is 2.21 bits per heavy atom. The molecule has 0 aliphatic carbocycles. The van der Waals surface area contributed by atoms with Gasteiger partial charge in [0, 0.05) is 0 Å². The zero-order chi connectivity index (χ0) is 10.6. The van der Waals surface area contributed by atoms with Crippen LogP contribution in [0.1, 0.15) is 5.56 Å². The van der Waals surface area contributed by atoms with Crippen LogP contribution in [0.15, 0.2) is 35.9 Å². The summed E-state index contributed by atoms with van der Waals surface area (Å²) in [6.45, 7) is 0. The van der Waals surface area contributed by atoms with Gasteiger partial charge in [-0.15, -0.1) is 0 Å². The van der Waals surface area contributed by atoms with Gasteiger partial charge >= 0.3 is 5.97 Å². The number of benzene rings is 1. The van der Waals surface area contributed by atoms with Crippen LogP contribution in [0.25, 0.3) is 6.08 Å². The van der Waals surface area contributed by atoms with E-state index in [2.05, 4.69) is 0 Å². The zero-order valence-electron chi connectivity index (χ0n) is 7.31. The number of hydrogen-bond acceptors (Lipinski definition) is 2. The van der Waals surface area contributed by atoms with Crippen molar-refractivity contribution >= 4 is 18.0 Å². The molecule has 1 aromatic rings. The van der Waals surface area contributed by atoms with E-state index in [1.807, 2.05) is 0 Å². The molecule has 0 aromatic heterocycles. The van der Waals surface area contributed by atoms with E-state index in [-0.39, 0.29) is 0 Å². The Labute approximate surface area is 80.7 Å². The van der Waals surface area contributed by atoms with Gasteiger partial charge in [0.2, 0.25) is 0 Å². The van der Waals surface area contributed by atoms with Crippen molar-refractivity contribution in [3.05, 3.63) is 41.5 Å². The van der Waals surface area contributed by atoms with E-state index in [4.69, 9.17) is 10.8 Å². The molecule has 4 heteroatoms. The maximum atomic E-state index is 10.7. The lowest BCUT2D eigenvalue weighted by Crippen LogP contribution is -2.20. The molecular weight excluding hydrogens is 182 g/mol. The summed E-state index contributed by atoms with van der Waals surface area (Å²) in [4.78, 5) is 21.3. The molecule has 1 rings (SSSR count). The van der Waals surface area contributed by atoms with Gasteiger partial charge in [-0.3, -0.25) is 4.79 Å². The van der Waals surface area contributed by atoms with Crippen molar-refractivity contribution in [1.82, 2.24) is 0 Å². The van der Waals surface area contributed by atoms with E-state index in [0.717, 1.165) is 0 Å². The van der Waals surface area contributed by atoms with Crippen LogP contribution in [-0.2, 0) is 9.59 Å². The van der Waals surface area contributed by atoms with Crippen LogP contribution in [0.2, 0.25) is 0 Å². The maximum Gasteiger partial charge on any atom is 0.341 e. The highest BCUT2D eigenvalue weighted by Crippen LogP contribution is 2.06. The molecule has 0 unspecified atom stereocenters. The van der Waals surface area contributed by atoms with Crippen LogP contribution >= 0.6 is 0 Å². The monoisotopic (exact) mass is 191 g/mol. The van der Waals surface area contributed by atoms with Crippen LogP contribution in [0.3, 0.4) is 0 Å². The second-order valence-corrected chi connectivity index (χ2v) is 2.64. The molecule has 1 amide bonds. The second kappa shape index (κ2) is 4.23. The second-order valence-electron chi connectivity index (χ2n) is 2.64. The molecule has 0 aliphatic heterocycles. The van der Waals surface area contributed by atoms with Crippen molar-refractivity contribution in [1.29, 1.82) is 0 Å². The van der Waals surface area contributed by atoms with Crippen LogP contribution in [0.4, 0.5) is 0 Å². The van der Waals surface area contributed by atoms with Crippen molar-refractivity contribution < 1.29 is 14.7 Å². The number of carbonyl (C=O) groups is 2. The van der Waals surface area contributed by atoms with Gasteiger partial charge in [0.05, 0.1) is 0 Å². The number of primary amides is 1. The van der Waals surface area contributed by atoms with E-state index in [0.29, 0.717) is 5.56 Å². The van der Waals surface area contributed by atoms with E-state index >= 15 is 0 Å². The molecule has 14 heavy (non-hydrogen) atoms. The largest absolute Gasteiger partial charge is 0.477 e. The maximum absolute atomic E-state index is 10.7. The molecule has 0 radical (unpaired) electrons. The molecule has 0 aliphatic rings. The number of amides is 1. The van der Waals surface area contributed by atoms with Gasteiger partial charge in [0.25, 0.3) is 5.91 Å². The minimum Gasteiger partial charge on any atom is -0.477 e. The Kier molecular flexibility index (Phi) is 3.01. The third-order valence-electron chi connectivity index (χ3n) is 1.61. The number of aliphatic carboxylic acids is 1. The summed E-state index contributed by atoms with van der Waals surface area (Å²) < 4.78 is 0. The van der Waals surface area contributed by atoms with Gasteiger partial charge in [0.1, 0.15) is 5.57 Å². The summed E-state index contributed by atoms with van der Waals surface area (Å²) in [7, 11) is 0. The summed E-state index contributed by atoms with van der Waals surface area (Å²) in [6.07, 6.45) is 1.24. The predicted molar refractivity (Wildman–Crippen MR) is 51.2 cm³/mol. The van der Waals surface area contributed by atoms with Gasteiger partial charge < -0.3 is 10.8 Å². The van der Waals surface area contributed by atoms with Gasteiger partial charge in [-0.05, 0) is 11.6 Å². The molecule has 0 spiro atoms. The smallest absolute Gasteiger partial charge is 0.341 e. The summed E-state index contributed by atoms with van der Waals surface area (Å²) in [5.74, 6) is -2.26. The molecular formula is C10H9NO3. The average Bonchev–Trinajstić information content (AvgIpc) is 2.15.